The predicted octanol–water partition coefficient (Wildman–Crippen LogP) is 19.3. The van der Waals surface area contributed by atoms with Gasteiger partial charge in [0.2, 0.25) is 0 Å². The number of carbonyl (C=O) groups is 6. The summed E-state index contributed by atoms with van der Waals surface area (Å²) in [6, 6.07) is 35.8. The second-order valence-electron chi connectivity index (χ2n) is 37.5. The quantitative estimate of drug-likeness (QED) is 0.0222. The number of fused-ring (bicyclic) bond motifs is 4. The smallest absolute Gasteiger partial charge is 0.333 e. The van der Waals surface area contributed by atoms with Crippen LogP contribution in [0.25, 0.3) is 40.9 Å². The van der Waals surface area contributed by atoms with Crippen LogP contribution in [0.4, 0.5) is 0 Å². The Balaban J connectivity index is 0.000000305. The van der Waals surface area contributed by atoms with Crippen molar-refractivity contribution in [2.24, 2.45) is 0 Å². The number of benzene rings is 4. The molecule has 0 amide bonds. The number of aryl methyl sites for hydroxylation is 4. The van der Waals surface area contributed by atoms with Crippen molar-refractivity contribution in [2.45, 2.75) is 270 Å². The molecule has 4 aromatic carbocycles. The Hall–Kier alpha value is -9.00. The summed E-state index contributed by atoms with van der Waals surface area (Å²) in [5.41, 5.74) is -8.95. The standard InChI is InChI=1S/2C23H27BrN2O5S.C23H25BrN2O5S.C15H19BrN2O4S.C8H7BrO.C4H8O.2CH4.B/c3*1-13-16-18(28)26(23(5,6)20(29)31-22(2,3)4)21(30)25(19(16)32-17(13)24)12-15(27)14-10-8-7-9-11-14;1-7-8-10(23-9(7)16)17-13(21)18(11(8)19)15(5,6)12(20)22-14(2,3)4;9-6-8(10)7-4-2-1-3-5-7;1-2-4-5-3-1;;;/h2*7-11,15,27H,12H2,1-6H3;7-11H,12H2,1-6H3;1-6H3,(H,17,21);1-5H,6H2;1-4H2;2*1H4;/t15-;;;;;;;;/m0......../s1. The van der Waals surface area contributed by atoms with Gasteiger partial charge in [0.05, 0.1) is 73.9 Å². The Morgan fingerprint density at radius 1 is 0.387 bits per heavy atom. The van der Waals surface area contributed by atoms with E-state index in [1.54, 1.807) is 190 Å². The number of hydrogen-bond acceptors (Lipinski definition) is 25. The molecule has 0 saturated carbocycles. The van der Waals surface area contributed by atoms with E-state index in [2.05, 4.69) is 84.6 Å². The fourth-order valence-corrected chi connectivity index (χ4v) is 20.5. The number of ketones is 2. The summed E-state index contributed by atoms with van der Waals surface area (Å²) in [5.74, 6) is -2.88. The first kappa shape index (κ1) is 118. The van der Waals surface area contributed by atoms with Crippen LogP contribution in [0.1, 0.15) is 232 Å². The Bertz CT molecular complexity index is 6700. The number of alkyl halides is 1. The van der Waals surface area contributed by atoms with Crippen LogP contribution in [-0.4, -0.2) is 132 Å². The summed E-state index contributed by atoms with van der Waals surface area (Å²) in [4.78, 5) is 186. The number of hydrogen-bond donors (Lipinski definition) is 3. The second kappa shape index (κ2) is 47.5. The minimum Gasteiger partial charge on any atom is -0.458 e. The molecule has 741 valence electrons. The van der Waals surface area contributed by atoms with Crippen LogP contribution in [0.2, 0.25) is 0 Å². The number of aromatic nitrogens is 8. The molecule has 0 bridgehead atoms. The van der Waals surface area contributed by atoms with Gasteiger partial charge in [-0.3, -0.25) is 47.5 Å². The van der Waals surface area contributed by atoms with E-state index in [-0.39, 0.29) is 54.5 Å². The van der Waals surface area contributed by atoms with Crippen LogP contribution >= 0.6 is 125 Å². The fraction of sp³-hybridized carbons (Fsp3) is 0.449. The normalized spacial score (nSPS) is 12.8. The molecule has 1 aliphatic rings. The lowest BCUT2D eigenvalue weighted by Crippen LogP contribution is -2.54. The number of carbonyl (C=O) groups excluding carboxylic acids is 6. The molecule has 1 saturated heterocycles. The maximum atomic E-state index is 13.6. The molecule has 0 spiro atoms. The van der Waals surface area contributed by atoms with Gasteiger partial charge in [-0.05, 0) is 276 Å². The average Bonchev–Trinajstić information content (AvgIpc) is 1.64. The number of aromatic amines is 1. The Kier molecular flexibility index (Phi) is 41.1. The lowest BCUT2D eigenvalue weighted by Gasteiger charge is -2.30. The molecule has 1 unspecified atom stereocenters. The van der Waals surface area contributed by atoms with Gasteiger partial charge in [0.1, 0.15) is 63.9 Å². The first-order chi connectivity index (χ1) is 62.0. The van der Waals surface area contributed by atoms with E-state index >= 15 is 0 Å². The van der Waals surface area contributed by atoms with E-state index in [0.29, 0.717) is 90.9 Å². The Morgan fingerprint density at radius 2 is 0.642 bits per heavy atom. The monoisotopic (exact) mass is 2280 g/mol. The molecule has 2 atom stereocenters. The number of ether oxygens (including phenoxy) is 5. The minimum absolute atomic E-state index is 0. The molecule has 1 aliphatic heterocycles. The molecular weight excluding hydrogens is 2160 g/mol. The number of aliphatic hydroxyl groups excluding tert-OH is 2. The predicted molar refractivity (Wildman–Crippen MR) is 566 cm³/mol. The van der Waals surface area contributed by atoms with E-state index < -0.39 is 126 Å². The second-order valence-corrected chi connectivity index (χ2v) is 47.4. The lowest BCUT2D eigenvalue weighted by molar-refractivity contribution is -0.165. The van der Waals surface area contributed by atoms with Crippen molar-refractivity contribution in [2.75, 3.05) is 18.5 Å². The molecular formula is C98H121BBr5N8O21S4. The third-order valence-corrected chi connectivity index (χ3v) is 29.9. The van der Waals surface area contributed by atoms with E-state index in [0.717, 1.165) is 46.4 Å². The van der Waals surface area contributed by atoms with Gasteiger partial charge in [0, 0.05) is 32.8 Å². The van der Waals surface area contributed by atoms with Crippen molar-refractivity contribution in [3.05, 3.63) is 264 Å². The molecule has 8 aromatic heterocycles. The van der Waals surface area contributed by atoms with Crippen molar-refractivity contribution in [3.8, 4) is 0 Å². The highest BCUT2D eigenvalue weighted by molar-refractivity contribution is 9.11. The van der Waals surface area contributed by atoms with Gasteiger partial charge in [-0.2, -0.15) is 0 Å². The SMILES string of the molecule is C.C.C1CCOC1.Cc1c(Br)sc2[nH]c(=O)n(C(C)(C)C(=O)OC(C)(C)C)c(=O)c12.Cc1c(Br)sc2c1c(=O)n(C(C)(C)C(=O)OC(C)(C)C)c(=O)n2CC(=O)c1ccccc1.Cc1c(Br)sc2c1c(=O)n(C(C)(C)C(=O)OC(C)(C)C)c(=O)n2CC(O)c1ccccc1.Cc1c(Br)sc2c1c(=O)n(C(C)(C)C(=O)OC(C)(C)C)c(=O)n2C[C@H](O)c1ccccc1.O=C(CBr)c1ccccc1.[B]. The third kappa shape index (κ3) is 28.0. The summed E-state index contributed by atoms with van der Waals surface area (Å²) < 4.78 is 37.3. The minimum atomic E-state index is -1.59. The summed E-state index contributed by atoms with van der Waals surface area (Å²) in [6.45, 7) is 41.3. The summed E-state index contributed by atoms with van der Waals surface area (Å²) >= 11 is 21.8. The topological polar surface area (TPSA) is 376 Å². The number of thiophene rings is 4. The highest BCUT2D eigenvalue weighted by Crippen LogP contribution is 2.38. The van der Waals surface area contributed by atoms with Crippen molar-refractivity contribution in [1.82, 2.24) is 37.0 Å². The summed E-state index contributed by atoms with van der Waals surface area (Å²) in [7, 11) is 0. The van der Waals surface area contributed by atoms with Gasteiger partial charge in [0.25, 0.3) is 22.2 Å². The fourth-order valence-electron chi connectivity index (χ4n) is 13.5. The molecule has 3 radical (unpaired) electrons. The van der Waals surface area contributed by atoms with Gasteiger partial charge in [-0.1, -0.05) is 152 Å². The van der Waals surface area contributed by atoms with Gasteiger partial charge < -0.3 is 33.9 Å². The van der Waals surface area contributed by atoms with Crippen molar-refractivity contribution < 1.29 is 62.7 Å². The van der Waals surface area contributed by atoms with E-state index in [4.69, 9.17) is 23.7 Å². The number of H-pyrrole nitrogens is 1. The number of esters is 4. The highest BCUT2D eigenvalue weighted by atomic mass is 79.9. The largest absolute Gasteiger partial charge is 0.458 e. The molecule has 13 rings (SSSR count). The number of Topliss-reactive ketones (excluding diaryl/α,β-unsaturated/α-hetero) is 2. The zero-order valence-electron chi connectivity index (χ0n) is 79.7. The zero-order chi connectivity index (χ0) is 101. The summed E-state index contributed by atoms with van der Waals surface area (Å²) in [5, 5.41) is 23.4. The maximum Gasteiger partial charge on any atom is 0.333 e. The van der Waals surface area contributed by atoms with Crippen LogP contribution < -0.4 is 45.0 Å². The molecule has 9 heterocycles. The third-order valence-electron chi connectivity index (χ3n) is 20.7. The van der Waals surface area contributed by atoms with Crippen molar-refractivity contribution in [1.29, 1.82) is 0 Å². The van der Waals surface area contributed by atoms with Crippen LogP contribution in [-0.2, 0) is 84.7 Å². The van der Waals surface area contributed by atoms with E-state index in [1.165, 1.54) is 127 Å². The lowest BCUT2D eigenvalue weighted by atomic mass is 10.0. The Labute approximate surface area is 855 Å². The molecule has 29 nitrogen and oxygen atoms in total. The van der Waals surface area contributed by atoms with Crippen LogP contribution in [0, 0.1) is 27.7 Å². The van der Waals surface area contributed by atoms with Crippen LogP contribution in [0.5, 0.6) is 0 Å². The van der Waals surface area contributed by atoms with Crippen LogP contribution in [0.15, 0.2) is 175 Å². The molecule has 12 aromatic rings. The van der Waals surface area contributed by atoms with Gasteiger partial charge >= 0.3 is 46.6 Å². The highest BCUT2D eigenvalue weighted by Gasteiger charge is 2.44. The Morgan fingerprint density at radius 3 is 0.927 bits per heavy atom. The maximum absolute atomic E-state index is 13.6. The number of nitrogens with zero attached hydrogens (tertiary/aromatic N) is 7. The molecule has 1 fully saturated rings. The van der Waals surface area contributed by atoms with Crippen molar-refractivity contribution >= 4 is 210 Å². The molecule has 137 heavy (non-hydrogen) atoms. The first-order valence-corrected chi connectivity index (χ1v) is 50.0. The average molecular weight is 2290 g/mol. The molecule has 39 heteroatoms. The zero-order valence-corrected chi connectivity index (χ0v) is 90.9. The van der Waals surface area contributed by atoms with Gasteiger partial charge in [-0.25, -0.2) is 56.6 Å². The molecule has 0 aliphatic carbocycles. The van der Waals surface area contributed by atoms with E-state index in [1.807, 2.05) is 42.5 Å². The number of rotatable bonds is 19. The first-order valence-electron chi connectivity index (χ1n) is 42.5. The van der Waals surface area contributed by atoms with Crippen LogP contribution in [0.3, 0.4) is 0 Å². The van der Waals surface area contributed by atoms with Crippen molar-refractivity contribution in [3.63, 3.8) is 0 Å². The summed E-state index contributed by atoms with van der Waals surface area (Å²) in [6.07, 6.45) is 0.600. The number of halogens is 5. The molecule has 3 N–H and O–H groups in total. The van der Waals surface area contributed by atoms with E-state index in [9.17, 15) is 77.3 Å². The van der Waals surface area contributed by atoms with Gasteiger partial charge in [-0.15, -0.1) is 45.3 Å². The van der Waals surface area contributed by atoms with Gasteiger partial charge in [0.15, 0.2) is 11.6 Å². The number of nitrogens with one attached hydrogen (secondary N) is 1. The number of aliphatic hydroxyl groups is 2.